The largest absolute Gasteiger partial charge is 0.125 e. The first-order valence-electron chi connectivity index (χ1n) is 11.9. The van der Waals surface area contributed by atoms with Crippen molar-refractivity contribution >= 4 is 18.4 Å². The van der Waals surface area contributed by atoms with E-state index in [2.05, 4.69) is 41.9 Å². The minimum absolute atomic E-state index is 0.998. The van der Waals surface area contributed by atoms with Crippen molar-refractivity contribution in [3.05, 3.63) is 35.9 Å². The molecule has 0 N–H and O–H groups in total. The SMILES string of the molecule is C(=Cc1ccccc1)=P(C1CCCCC1)(C1CCCCC1)C1CCCCC1. The molecule has 0 bridgehead atoms. The van der Waals surface area contributed by atoms with Crippen LogP contribution in [0.5, 0.6) is 0 Å². The Morgan fingerprint density at radius 2 is 1.00 bits per heavy atom. The van der Waals surface area contributed by atoms with Crippen LogP contribution in [0.15, 0.2) is 30.3 Å². The molecule has 4 rings (SSSR count). The van der Waals surface area contributed by atoms with E-state index in [-0.39, 0.29) is 0 Å². The van der Waals surface area contributed by atoms with Gasteiger partial charge in [-0.3, -0.25) is 0 Å². The average Bonchev–Trinajstić information content (AvgIpc) is 2.77. The maximum atomic E-state index is 4.34. The molecule has 1 aromatic carbocycles. The summed E-state index contributed by atoms with van der Waals surface area (Å²) >= 11 is 0. The van der Waals surface area contributed by atoms with Crippen LogP contribution in [0.1, 0.15) is 102 Å². The summed E-state index contributed by atoms with van der Waals surface area (Å²) in [4.78, 5) is 0. The van der Waals surface area contributed by atoms with Crippen LogP contribution in [0.3, 0.4) is 0 Å². The van der Waals surface area contributed by atoms with E-state index in [0.717, 1.165) is 17.0 Å². The van der Waals surface area contributed by atoms with Gasteiger partial charge in [-0.15, -0.1) is 5.45 Å². The van der Waals surface area contributed by atoms with Crippen molar-refractivity contribution in [3.63, 3.8) is 0 Å². The number of rotatable bonds is 4. The molecule has 148 valence electrons. The van der Waals surface area contributed by atoms with Crippen molar-refractivity contribution in [1.29, 1.82) is 0 Å². The quantitative estimate of drug-likeness (QED) is 0.461. The summed E-state index contributed by atoms with van der Waals surface area (Å²) in [6.45, 7) is -1.19. The van der Waals surface area contributed by atoms with Crippen LogP contribution < -0.4 is 0 Å². The zero-order chi connectivity index (χ0) is 18.4. The van der Waals surface area contributed by atoms with Gasteiger partial charge in [0.25, 0.3) is 0 Å². The maximum absolute atomic E-state index is 4.34. The molecule has 0 amide bonds. The molecule has 0 spiro atoms. The van der Waals surface area contributed by atoms with E-state index in [1.54, 1.807) is 0 Å². The van der Waals surface area contributed by atoms with Gasteiger partial charge in [-0.1, -0.05) is 95.0 Å². The lowest BCUT2D eigenvalue weighted by Crippen LogP contribution is -2.32. The number of hydrogen-bond donors (Lipinski definition) is 0. The maximum Gasteiger partial charge on any atom is -0.0132 e. The fourth-order valence-electron chi connectivity index (χ4n) is 6.47. The zero-order valence-corrected chi connectivity index (χ0v) is 18.1. The lowest BCUT2D eigenvalue weighted by molar-refractivity contribution is 0.458. The highest BCUT2D eigenvalue weighted by atomic mass is 31.2. The van der Waals surface area contributed by atoms with Crippen molar-refractivity contribution < 1.29 is 0 Å². The molecular weight excluding hydrogens is 343 g/mol. The van der Waals surface area contributed by atoms with E-state index < -0.39 is 6.89 Å². The molecule has 0 aromatic heterocycles. The van der Waals surface area contributed by atoms with E-state index in [0.29, 0.717) is 0 Å². The molecule has 3 fully saturated rings. The van der Waals surface area contributed by atoms with Crippen LogP contribution in [-0.2, 0) is 0 Å². The van der Waals surface area contributed by atoms with Gasteiger partial charge in [-0.05, 0) is 67.1 Å². The summed E-state index contributed by atoms with van der Waals surface area (Å²) in [7, 11) is 0. The van der Waals surface area contributed by atoms with Crippen LogP contribution in [-0.4, -0.2) is 22.4 Å². The van der Waals surface area contributed by atoms with Crippen molar-refractivity contribution in [3.8, 4) is 0 Å². The highest BCUT2D eigenvalue weighted by Crippen LogP contribution is 2.68. The van der Waals surface area contributed by atoms with Crippen LogP contribution in [0.4, 0.5) is 0 Å². The molecule has 27 heavy (non-hydrogen) atoms. The number of hydrogen-bond acceptors (Lipinski definition) is 0. The van der Waals surface area contributed by atoms with Crippen molar-refractivity contribution in [2.45, 2.75) is 113 Å². The number of benzene rings is 1. The van der Waals surface area contributed by atoms with Gasteiger partial charge in [0.05, 0.1) is 0 Å². The Morgan fingerprint density at radius 3 is 1.41 bits per heavy atom. The molecule has 1 heteroatoms. The van der Waals surface area contributed by atoms with E-state index in [9.17, 15) is 0 Å². The Balaban J connectivity index is 1.82. The van der Waals surface area contributed by atoms with Crippen molar-refractivity contribution in [1.82, 2.24) is 0 Å². The van der Waals surface area contributed by atoms with Crippen LogP contribution in [0.25, 0.3) is 6.08 Å². The molecule has 0 radical (unpaired) electrons. The highest BCUT2D eigenvalue weighted by molar-refractivity contribution is 7.76. The predicted octanol–water partition coefficient (Wildman–Crippen LogP) is 8.12. The van der Waals surface area contributed by atoms with Gasteiger partial charge in [-0.25, -0.2) is 0 Å². The summed E-state index contributed by atoms with van der Waals surface area (Å²) < 4.78 is 0. The van der Waals surface area contributed by atoms with E-state index in [1.165, 1.54) is 102 Å². The van der Waals surface area contributed by atoms with Gasteiger partial charge >= 0.3 is 0 Å². The molecule has 0 unspecified atom stereocenters. The fraction of sp³-hybridized carbons (Fsp3) is 0.692. The molecule has 0 nitrogen and oxygen atoms in total. The predicted molar refractivity (Wildman–Crippen MR) is 123 cm³/mol. The molecule has 3 aliphatic carbocycles. The minimum atomic E-state index is -1.19. The van der Waals surface area contributed by atoms with E-state index in [4.69, 9.17) is 0 Å². The molecule has 3 aliphatic rings. The molecule has 0 saturated heterocycles. The van der Waals surface area contributed by atoms with E-state index >= 15 is 0 Å². The summed E-state index contributed by atoms with van der Waals surface area (Å²) in [6.07, 6.45) is 24.9. The monoisotopic (exact) mass is 382 g/mol. The fourth-order valence-corrected chi connectivity index (χ4v) is 12.9. The van der Waals surface area contributed by atoms with Gasteiger partial charge < -0.3 is 0 Å². The average molecular weight is 383 g/mol. The first-order valence-corrected chi connectivity index (χ1v) is 13.9. The second-order valence-electron chi connectivity index (χ2n) is 9.39. The van der Waals surface area contributed by atoms with Gasteiger partial charge in [0.1, 0.15) is 0 Å². The Hall–Kier alpha value is -0.700. The normalized spacial score (nSPS) is 23.7. The summed E-state index contributed by atoms with van der Waals surface area (Å²) in [5, 5.41) is 0. The van der Waals surface area contributed by atoms with Crippen LogP contribution in [0.2, 0.25) is 0 Å². The van der Waals surface area contributed by atoms with Crippen LogP contribution >= 0.6 is 6.89 Å². The lowest BCUT2D eigenvalue weighted by Gasteiger charge is -2.48. The smallest absolute Gasteiger partial charge is 0.0132 e. The molecule has 0 aliphatic heterocycles. The summed E-state index contributed by atoms with van der Waals surface area (Å²) in [5.74, 6) is 0. The Kier molecular flexibility index (Phi) is 7.02. The molecule has 3 saturated carbocycles. The molecule has 0 heterocycles. The topological polar surface area (TPSA) is 0 Å². The van der Waals surface area contributed by atoms with Crippen molar-refractivity contribution in [2.24, 2.45) is 0 Å². The first kappa shape index (κ1) is 19.6. The molecule has 1 aromatic rings. The summed E-state index contributed by atoms with van der Waals surface area (Å²) in [6, 6.07) is 11.1. The van der Waals surface area contributed by atoms with Crippen LogP contribution in [0, 0.1) is 0 Å². The third-order valence-corrected chi connectivity index (χ3v) is 13.5. The van der Waals surface area contributed by atoms with Gasteiger partial charge in [0, 0.05) is 0 Å². The third kappa shape index (κ3) is 4.49. The first-order chi connectivity index (χ1) is 13.4. The van der Waals surface area contributed by atoms with Gasteiger partial charge in [0.2, 0.25) is 0 Å². The second kappa shape index (κ2) is 9.67. The third-order valence-electron chi connectivity index (χ3n) is 7.79. The van der Waals surface area contributed by atoms with Gasteiger partial charge in [0.15, 0.2) is 0 Å². The Morgan fingerprint density at radius 1 is 0.593 bits per heavy atom. The highest BCUT2D eigenvalue weighted by Gasteiger charge is 2.42. The second-order valence-corrected chi connectivity index (χ2v) is 13.5. The van der Waals surface area contributed by atoms with Gasteiger partial charge in [-0.2, -0.15) is 0 Å². The molecule has 0 atom stereocenters. The van der Waals surface area contributed by atoms with E-state index in [1.807, 2.05) is 0 Å². The zero-order valence-electron chi connectivity index (χ0n) is 17.2. The summed E-state index contributed by atoms with van der Waals surface area (Å²) in [5.41, 5.74) is 8.72. The minimum Gasteiger partial charge on any atom is -0.125 e. The molecular formula is C26H39P. The standard InChI is InChI=1S/C26H39P/c1-5-13-23(14-6-1)21-22-27(24-15-7-2-8-16-24,25-17-9-3-10-18-25)26-19-11-4-12-20-26/h1,5-6,13-14,21,24-26H,2-4,7-12,15-20H2. The van der Waals surface area contributed by atoms with Crippen molar-refractivity contribution in [2.75, 3.05) is 0 Å². The Labute approximate surface area is 167 Å². The Bertz CT molecular complexity index is 596. The lowest BCUT2D eigenvalue weighted by atomic mass is 9.99.